The number of amides is 1. The molecule has 0 radical (unpaired) electrons. The summed E-state index contributed by atoms with van der Waals surface area (Å²) >= 11 is 1.38. The first-order valence-corrected chi connectivity index (χ1v) is 10.4. The molecule has 9 heteroatoms. The fourth-order valence-corrected chi connectivity index (χ4v) is 4.40. The second-order valence-electron chi connectivity index (χ2n) is 6.97. The number of tetrazole rings is 1. The maximum absolute atomic E-state index is 12.8. The van der Waals surface area contributed by atoms with E-state index in [0.717, 1.165) is 58.2 Å². The van der Waals surface area contributed by atoms with Crippen molar-refractivity contribution in [2.75, 3.05) is 5.32 Å². The molecule has 0 fully saturated rings. The number of thiophene rings is 1. The monoisotopic (exact) mass is 406 g/mol. The third-order valence-electron chi connectivity index (χ3n) is 5.08. The fraction of sp³-hybridized carbons (Fsp3) is 0.250. The molecule has 0 spiro atoms. The maximum atomic E-state index is 12.8. The Bertz CT molecular complexity index is 1260. The van der Waals surface area contributed by atoms with Crippen LogP contribution < -0.4 is 11.0 Å². The number of nitrogens with one attached hydrogen (secondary N) is 1. The van der Waals surface area contributed by atoms with E-state index in [9.17, 15) is 9.59 Å². The van der Waals surface area contributed by atoms with Crippen molar-refractivity contribution >= 4 is 33.8 Å². The van der Waals surface area contributed by atoms with Gasteiger partial charge in [0.05, 0.1) is 11.2 Å². The summed E-state index contributed by atoms with van der Waals surface area (Å²) in [6.07, 6.45) is 3.98. The van der Waals surface area contributed by atoms with Crippen LogP contribution in [0.2, 0.25) is 0 Å². The van der Waals surface area contributed by atoms with Gasteiger partial charge in [0.2, 0.25) is 5.91 Å². The minimum Gasteiger partial charge on any atom is -0.324 e. The molecule has 1 aliphatic rings. The van der Waals surface area contributed by atoms with Crippen LogP contribution in [-0.2, 0) is 24.2 Å². The molecule has 8 nitrogen and oxygen atoms in total. The van der Waals surface area contributed by atoms with Gasteiger partial charge in [-0.1, -0.05) is 18.2 Å². The molecule has 0 unspecified atom stereocenters. The summed E-state index contributed by atoms with van der Waals surface area (Å²) < 4.78 is 2.27. The Morgan fingerprint density at radius 2 is 1.97 bits per heavy atom. The van der Waals surface area contributed by atoms with E-state index in [1.807, 2.05) is 35.7 Å². The zero-order valence-corrected chi connectivity index (χ0v) is 16.4. The third kappa shape index (κ3) is 3.23. The van der Waals surface area contributed by atoms with Gasteiger partial charge in [-0.25, -0.2) is 4.79 Å². The minimum atomic E-state index is -0.441. The molecule has 0 saturated carbocycles. The summed E-state index contributed by atoms with van der Waals surface area (Å²) in [4.78, 5) is 30.1. The van der Waals surface area contributed by atoms with Crippen LogP contribution in [-0.4, -0.2) is 30.7 Å². The Kier molecular flexibility index (Phi) is 4.44. The van der Waals surface area contributed by atoms with Crippen molar-refractivity contribution in [2.24, 2.45) is 0 Å². The lowest BCUT2D eigenvalue weighted by Gasteiger charge is -2.21. The molecule has 1 amide bonds. The van der Waals surface area contributed by atoms with Gasteiger partial charge in [0.1, 0.15) is 11.5 Å². The van der Waals surface area contributed by atoms with Crippen LogP contribution >= 0.6 is 11.3 Å². The number of anilines is 1. The lowest BCUT2D eigenvalue weighted by Crippen LogP contribution is -2.30. The first-order chi connectivity index (χ1) is 14.2. The molecule has 1 N–H and O–H groups in total. The number of carbonyl (C=O) groups is 1. The number of aromatic nitrogens is 5. The van der Waals surface area contributed by atoms with Crippen LogP contribution in [0.1, 0.15) is 24.1 Å². The van der Waals surface area contributed by atoms with E-state index in [1.54, 1.807) is 6.07 Å². The SMILES string of the molecule is O=C(Cn1nnn(-c2cccs2)c1=O)Nc1c2c(nc3ccccc13)CCCC2. The Morgan fingerprint density at radius 1 is 1.10 bits per heavy atom. The fourth-order valence-electron chi connectivity index (χ4n) is 3.73. The molecule has 0 bridgehead atoms. The van der Waals surface area contributed by atoms with Crippen molar-refractivity contribution in [3.05, 3.63) is 63.5 Å². The number of pyridine rings is 1. The lowest BCUT2D eigenvalue weighted by molar-refractivity contribution is -0.117. The van der Waals surface area contributed by atoms with E-state index >= 15 is 0 Å². The molecule has 3 aromatic heterocycles. The second-order valence-corrected chi connectivity index (χ2v) is 7.89. The lowest BCUT2D eigenvalue weighted by atomic mass is 9.92. The Morgan fingerprint density at radius 3 is 2.83 bits per heavy atom. The van der Waals surface area contributed by atoms with Crippen molar-refractivity contribution < 1.29 is 4.79 Å². The smallest absolute Gasteiger partial charge is 0.324 e. The third-order valence-corrected chi connectivity index (χ3v) is 5.93. The van der Waals surface area contributed by atoms with Gasteiger partial charge in [0.15, 0.2) is 0 Å². The Hall–Kier alpha value is -3.33. The number of benzene rings is 1. The summed E-state index contributed by atoms with van der Waals surface area (Å²) in [7, 11) is 0. The number of nitrogens with zero attached hydrogens (tertiary/aromatic N) is 5. The second kappa shape index (κ2) is 7.25. The summed E-state index contributed by atoms with van der Waals surface area (Å²) in [5.74, 6) is -0.311. The normalized spacial score (nSPS) is 13.4. The predicted molar refractivity (Wildman–Crippen MR) is 111 cm³/mol. The standard InChI is InChI=1S/C20H18N6O2S/c27-17(12-25-20(28)26(24-23-25)18-10-5-11-29-18)22-19-13-6-1-3-8-15(13)21-16-9-4-2-7-14(16)19/h1,3,5-6,8,10-11H,2,4,7,9,12H2,(H,21,22,27). The topological polar surface area (TPSA) is 94.7 Å². The van der Waals surface area contributed by atoms with Crippen LogP contribution in [0.15, 0.2) is 46.6 Å². The van der Waals surface area contributed by atoms with E-state index in [-0.39, 0.29) is 12.5 Å². The van der Waals surface area contributed by atoms with Crippen LogP contribution in [0.25, 0.3) is 15.9 Å². The number of para-hydroxylation sites is 1. The molecule has 1 aliphatic carbocycles. The van der Waals surface area contributed by atoms with E-state index < -0.39 is 5.69 Å². The van der Waals surface area contributed by atoms with Crippen LogP contribution in [0.4, 0.5) is 5.69 Å². The first-order valence-electron chi connectivity index (χ1n) is 9.48. The van der Waals surface area contributed by atoms with Gasteiger partial charge in [-0.3, -0.25) is 9.78 Å². The molecule has 0 aliphatic heterocycles. The molecule has 3 heterocycles. The van der Waals surface area contributed by atoms with Crippen LogP contribution in [0, 0.1) is 0 Å². The molecule has 1 aromatic carbocycles. The van der Waals surface area contributed by atoms with Crippen molar-refractivity contribution in [1.82, 2.24) is 24.8 Å². The Labute approximate surface area is 169 Å². The van der Waals surface area contributed by atoms with E-state index in [2.05, 4.69) is 15.7 Å². The van der Waals surface area contributed by atoms with E-state index in [4.69, 9.17) is 4.98 Å². The zero-order chi connectivity index (χ0) is 19.8. The van der Waals surface area contributed by atoms with Crippen molar-refractivity contribution in [2.45, 2.75) is 32.2 Å². The van der Waals surface area contributed by atoms with Gasteiger partial charge in [0.25, 0.3) is 0 Å². The van der Waals surface area contributed by atoms with Gasteiger partial charge in [-0.2, -0.15) is 9.36 Å². The summed E-state index contributed by atoms with van der Waals surface area (Å²) in [6, 6.07) is 11.4. The van der Waals surface area contributed by atoms with Crippen molar-refractivity contribution in [1.29, 1.82) is 0 Å². The van der Waals surface area contributed by atoms with Gasteiger partial charge >= 0.3 is 5.69 Å². The van der Waals surface area contributed by atoms with Gasteiger partial charge in [-0.05, 0) is 65.3 Å². The largest absolute Gasteiger partial charge is 0.369 e. The molecular weight excluding hydrogens is 388 g/mol. The maximum Gasteiger partial charge on any atom is 0.369 e. The number of hydrogen-bond acceptors (Lipinski definition) is 6. The first kappa shape index (κ1) is 17.7. The zero-order valence-electron chi connectivity index (χ0n) is 15.5. The summed E-state index contributed by atoms with van der Waals surface area (Å²) in [5, 5.41) is 14.2. The average Bonchev–Trinajstić information content (AvgIpc) is 3.38. The molecule has 146 valence electrons. The van der Waals surface area contributed by atoms with E-state index in [0.29, 0.717) is 5.00 Å². The van der Waals surface area contributed by atoms with Gasteiger partial charge in [-0.15, -0.1) is 11.3 Å². The molecule has 0 saturated heterocycles. The Balaban J connectivity index is 1.46. The molecule has 5 rings (SSSR count). The number of rotatable bonds is 4. The molecule has 0 atom stereocenters. The highest BCUT2D eigenvalue weighted by molar-refractivity contribution is 7.12. The number of hydrogen-bond donors (Lipinski definition) is 1. The van der Waals surface area contributed by atoms with Gasteiger partial charge in [0, 0.05) is 11.1 Å². The quantitative estimate of drug-likeness (QED) is 0.562. The van der Waals surface area contributed by atoms with Crippen molar-refractivity contribution in [3.8, 4) is 5.00 Å². The van der Waals surface area contributed by atoms with Gasteiger partial charge < -0.3 is 5.32 Å². The summed E-state index contributed by atoms with van der Waals surface area (Å²) in [5.41, 5.74) is 3.37. The number of carbonyl (C=O) groups excluding carboxylic acids is 1. The highest BCUT2D eigenvalue weighted by Gasteiger charge is 2.20. The number of fused-ring (bicyclic) bond motifs is 2. The highest BCUT2D eigenvalue weighted by Crippen LogP contribution is 2.33. The predicted octanol–water partition coefficient (Wildman–Crippen LogP) is 2.56. The molecular formula is C20H18N6O2S. The highest BCUT2D eigenvalue weighted by atomic mass is 32.1. The van der Waals surface area contributed by atoms with Crippen LogP contribution in [0.5, 0.6) is 0 Å². The number of aryl methyl sites for hydroxylation is 1. The minimum absolute atomic E-state index is 0.199. The van der Waals surface area contributed by atoms with Crippen molar-refractivity contribution in [3.63, 3.8) is 0 Å². The van der Waals surface area contributed by atoms with E-state index in [1.165, 1.54) is 16.0 Å². The van der Waals surface area contributed by atoms with Crippen LogP contribution in [0.3, 0.4) is 0 Å². The average molecular weight is 406 g/mol. The molecule has 29 heavy (non-hydrogen) atoms. The molecule has 4 aromatic rings. The summed E-state index contributed by atoms with van der Waals surface area (Å²) in [6.45, 7) is -0.199.